The van der Waals surface area contributed by atoms with Crippen LogP contribution in [-0.2, 0) is 9.53 Å². The lowest BCUT2D eigenvalue weighted by atomic mass is 10.2. The second kappa shape index (κ2) is 5.77. The van der Waals surface area contributed by atoms with Crippen LogP contribution in [0.4, 0.5) is 0 Å². The van der Waals surface area contributed by atoms with Crippen molar-refractivity contribution in [2.45, 2.75) is 0 Å². The van der Waals surface area contributed by atoms with E-state index in [1.165, 1.54) is 13.2 Å². The van der Waals surface area contributed by atoms with Gasteiger partial charge >= 0.3 is 5.97 Å². The monoisotopic (exact) mass is 239 g/mol. The molecule has 0 atom stereocenters. The molecule has 3 nitrogen and oxygen atoms in total. The molecule has 0 unspecified atom stereocenters. The van der Waals surface area contributed by atoms with Gasteiger partial charge < -0.3 is 4.74 Å². The Bertz CT molecular complexity index is 615. The quantitative estimate of drug-likeness (QED) is 0.469. The van der Waals surface area contributed by atoms with E-state index in [1.54, 1.807) is 12.2 Å². The smallest absolute Gasteiger partial charge is 0.330 e. The fourth-order valence-electron chi connectivity index (χ4n) is 1.53. The molecule has 0 saturated heterocycles. The molecular formula is C15H13NO2. The third kappa shape index (κ3) is 3.04. The maximum Gasteiger partial charge on any atom is 0.330 e. The van der Waals surface area contributed by atoms with Gasteiger partial charge in [0.1, 0.15) is 0 Å². The Morgan fingerprint density at radius 3 is 2.83 bits per heavy atom. The zero-order valence-corrected chi connectivity index (χ0v) is 10.0. The summed E-state index contributed by atoms with van der Waals surface area (Å²) in [6.07, 6.45) is 6.58. The molecule has 0 saturated carbocycles. The van der Waals surface area contributed by atoms with E-state index in [0.29, 0.717) is 0 Å². The predicted octanol–water partition coefficient (Wildman–Crippen LogP) is 2.98. The largest absolute Gasteiger partial charge is 0.466 e. The van der Waals surface area contributed by atoms with Gasteiger partial charge in [-0.25, -0.2) is 9.78 Å². The number of ether oxygens (including phenoxy) is 1. The molecule has 1 aromatic heterocycles. The van der Waals surface area contributed by atoms with Crippen molar-refractivity contribution in [3.05, 3.63) is 60.3 Å². The number of aromatic nitrogens is 1. The number of nitrogens with zero attached hydrogens (tertiary/aromatic N) is 1. The van der Waals surface area contributed by atoms with Crippen molar-refractivity contribution in [3.8, 4) is 0 Å². The molecule has 0 spiro atoms. The molecule has 0 fully saturated rings. The van der Waals surface area contributed by atoms with E-state index in [9.17, 15) is 4.79 Å². The molecule has 90 valence electrons. The Kier molecular flexibility index (Phi) is 3.86. The zero-order valence-electron chi connectivity index (χ0n) is 10.0. The fraction of sp³-hybridized carbons (Fsp3) is 0.0667. The molecule has 2 aromatic rings. The first-order valence-electron chi connectivity index (χ1n) is 5.58. The molecule has 1 aromatic carbocycles. The minimum atomic E-state index is -0.369. The molecule has 1 heterocycles. The molecule has 18 heavy (non-hydrogen) atoms. The predicted molar refractivity (Wildman–Crippen MR) is 71.9 cm³/mol. The lowest BCUT2D eigenvalue weighted by Gasteiger charge is -1.97. The first-order chi connectivity index (χ1) is 8.79. The number of fused-ring (bicyclic) bond motifs is 1. The van der Waals surface area contributed by atoms with Crippen LogP contribution in [0, 0.1) is 0 Å². The number of allylic oxidation sites excluding steroid dienone is 2. The molecule has 0 aliphatic carbocycles. The van der Waals surface area contributed by atoms with E-state index in [4.69, 9.17) is 0 Å². The first-order valence-corrected chi connectivity index (χ1v) is 5.58. The minimum absolute atomic E-state index is 0.369. The van der Waals surface area contributed by atoms with Crippen molar-refractivity contribution >= 4 is 22.9 Å². The molecule has 0 radical (unpaired) electrons. The van der Waals surface area contributed by atoms with Crippen LogP contribution in [0.2, 0.25) is 0 Å². The van der Waals surface area contributed by atoms with Crippen LogP contribution in [0.1, 0.15) is 5.69 Å². The summed E-state index contributed by atoms with van der Waals surface area (Å²) in [6.45, 7) is 0. The third-order valence-corrected chi connectivity index (χ3v) is 2.43. The molecule has 0 bridgehead atoms. The number of rotatable bonds is 3. The van der Waals surface area contributed by atoms with Gasteiger partial charge in [0.15, 0.2) is 0 Å². The van der Waals surface area contributed by atoms with Gasteiger partial charge in [0, 0.05) is 11.5 Å². The van der Waals surface area contributed by atoms with Crippen LogP contribution in [0.15, 0.2) is 54.6 Å². The average Bonchev–Trinajstić information content (AvgIpc) is 2.43. The number of carbonyl (C=O) groups is 1. The minimum Gasteiger partial charge on any atom is -0.466 e. The topological polar surface area (TPSA) is 39.2 Å². The molecular weight excluding hydrogens is 226 g/mol. The van der Waals surface area contributed by atoms with E-state index in [-0.39, 0.29) is 5.97 Å². The Hall–Kier alpha value is -2.42. The molecule has 0 amide bonds. The number of benzene rings is 1. The summed E-state index contributed by atoms with van der Waals surface area (Å²) < 4.78 is 4.48. The van der Waals surface area contributed by atoms with Crippen molar-refractivity contribution < 1.29 is 9.53 Å². The molecule has 3 heteroatoms. The number of hydrogen-bond donors (Lipinski definition) is 0. The van der Waals surface area contributed by atoms with Gasteiger partial charge in [-0.2, -0.15) is 0 Å². The van der Waals surface area contributed by atoms with Gasteiger partial charge in [0.25, 0.3) is 0 Å². The molecule has 0 aliphatic heterocycles. The normalized spacial score (nSPS) is 11.4. The van der Waals surface area contributed by atoms with Crippen molar-refractivity contribution in [3.63, 3.8) is 0 Å². The van der Waals surface area contributed by atoms with Gasteiger partial charge in [-0.05, 0) is 18.2 Å². The second-order valence-corrected chi connectivity index (χ2v) is 3.67. The number of esters is 1. The standard InChI is InChI=1S/C15H13NO2/c1-18-15(17)9-5-3-7-13-11-10-12-6-2-4-8-14(12)16-13/h2-11H,1H3. The van der Waals surface area contributed by atoms with E-state index in [1.807, 2.05) is 42.5 Å². The number of methoxy groups -OCH3 is 1. The number of hydrogen-bond acceptors (Lipinski definition) is 3. The molecule has 0 aliphatic rings. The van der Waals surface area contributed by atoms with Crippen LogP contribution in [0.3, 0.4) is 0 Å². The van der Waals surface area contributed by atoms with Gasteiger partial charge in [0.05, 0.1) is 18.3 Å². The molecule has 0 N–H and O–H groups in total. The SMILES string of the molecule is COC(=O)C=CC=Cc1ccc2ccccc2n1. The fourth-order valence-corrected chi connectivity index (χ4v) is 1.53. The second-order valence-electron chi connectivity index (χ2n) is 3.67. The summed E-state index contributed by atoms with van der Waals surface area (Å²) in [7, 11) is 1.35. The van der Waals surface area contributed by atoms with Crippen LogP contribution in [0.5, 0.6) is 0 Å². The van der Waals surface area contributed by atoms with Gasteiger partial charge in [0.2, 0.25) is 0 Å². The van der Waals surface area contributed by atoms with Crippen molar-refractivity contribution in [2.75, 3.05) is 7.11 Å². The van der Waals surface area contributed by atoms with Crippen molar-refractivity contribution in [2.24, 2.45) is 0 Å². The highest BCUT2D eigenvalue weighted by atomic mass is 16.5. The number of pyridine rings is 1. The summed E-state index contributed by atoms with van der Waals surface area (Å²) in [5.41, 5.74) is 1.81. The maximum atomic E-state index is 10.8. The van der Waals surface area contributed by atoms with Crippen molar-refractivity contribution in [1.29, 1.82) is 0 Å². The Labute approximate surface area is 105 Å². The summed E-state index contributed by atoms with van der Waals surface area (Å²) >= 11 is 0. The maximum absolute atomic E-state index is 10.8. The molecule has 2 rings (SSSR count). The van der Waals surface area contributed by atoms with Gasteiger partial charge in [-0.15, -0.1) is 0 Å². The first kappa shape index (κ1) is 12.0. The lowest BCUT2D eigenvalue weighted by molar-refractivity contribution is -0.134. The Morgan fingerprint density at radius 1 is 1.17 bits per heavy atom. The summed E-state index contributed by atoms with van der Waals surface area (Å²) in [5, 5.41) is 1.11. The Morgan fingerprint density at radius 2 is 2.00 bits per heavy atom. The van der Waals surface area contributed by atoms with Crippen LogP contribution < -0.4 is 0 Å². The average molecular weight is 239 g/mol. The van der Waals surface area contributed by atoms with E-state index < -0.39 is 0 Å². The highest BCUT2D eigenvalue weighted by Gasteiger charge is 1.93. The van der Waals surface area contributed by atoms with E-state index >= 15 is 0 Å². The van der Waals surface area contributed by atoms with Gasteiger partial charge in [-0.3, -0.25) is 0 Å². The summed E-state index contributed by atoms with van der Waals surface area (Å²) in [4.78, 5) is 15.3. The van der Waals surface area contributed by atoms with E-state index in [0.717, 1.165) is 16.6 Å². The summed E-state index contributed by atoms with van der Waals surface area (Å²) in [6, 6.07) is 11.9. The van der Waals surface area contributed by atoms with Crippen LogP contribution >= 0.6 is 0 Å². The van der Waals surface area contributed by atoms with Crippen LogP contribution in [0.25, 0.3) is 17.0 Å². The number of carbonyl (C=O) groups excluding carboxylic acids is 1. The van der Waals surface area contributed by atoms with Crippen LogP contribution in [-0.4, -0.2) is 18.1 Å². The Balaban J connectivity index is 2.14. The third-order valence-electron chi connectivity index (χ3n) is 2.43. The lowest BCUT2D eigenvalue weighted by Crippen LogP contribution is -1.92. The number of para-hydroxylation sites is 1. The van der Waals surface area contributed by atoms with E-state index in [2.05, 4.69) is 9.72 Å². The highest BCUT2D eigenvalue weighted by Crippen LogP contribution is 2.12. The van der Waals surface area contributed by atoms with Gasteiger partial charge in [-0.1, -0.05) is 36.4 Å². The summed E-state index contributed by atoms with van der Waals surface area (Å²) in [5.74, 6) is -0.369. The highest BCUT2D eigenvalue weighted by molar-refractivity contribution is 5.82. The zero-order chi connectivity index (χ0) is 12.8. The van der Waals surface area contributed by atoms with Crippen molar-refractivity contribution in [1.82, 2.24) is 4.98 Å².